The lowest BCUT2D eigenvalue weighted by Gasteiger charge is -2.27. The largest absolute Gasteiger partial charge is 0.464 e. The molecule has 29 heavy (non-hydrogen) atoms. The van der Waals surface area contributed by atoms with Gasteiger partial charge in [0.2, 0.25) is 0 Å². The van der Waals surface area contributed by atoms with Gasteiger partial charge in [0.25, 0.3) is 10.0 Å². The SMILES string of the molecule is COC(=O)c1c(NS(=O)(=O)c2ccc(Cl)cc2)c(C2CCC(OC)CC2)nn1C. The molecule has 0 unspecified atom stereocenters. The highest BCUT2D eigenvalue weighted by molar-refractivity contribution is 7.92. The van der Waals surface area contributed by atoms with E-state index < -0.39 is 16.0 Å². The van der Waals surface area contributed by atoms with Gasteiger partial charge >= 0.3 is 5.97 Å². The topological polar surface area (TPSA) is 99.5 Å². The van der Waals surface area contributed by atoms with Crippen LogP contribution in [-0.4, -0.2) is 44.5 Å². The molecule has 0 aliphatic heterocycles. The molecule has 10 heteroatoms. The van der Waals surface area contributed by atoms with Gasteiger partial charge in [-0.3, -0.25) is 9.40 Å². The lowest BCUT2D eigenvalue weighted by molar-refractivity contribution is 0.0589. The van der Waals surface area contributed by atoms with Gasteiger partial charge in [-0.1, -0.05) is 11.6 Å². The van der Waals surface area contributed by atoms with Crippen LogP contribution in [0.25, 0.3) is 0 Å². The Morgan fingerprint density at radius 3 is 2.34 bits per heavy atom. The van der Waals surface area contributed by atoms with Crippen LogP contribution in [-0.2, 0) is 26.5 Å². The molecule has 1 fully saturated rings. The van der Waals surface area contributed by atoms with E-state index >= 15 is 0 Å². The molecular formula is C19H24ClN3O5S. The Morgan fingerprint density at radius 1 is 1.17 bits per heavy atom. The fourth-order valence-corrected chi connectivity index (χ4v) is 4.85. The number of aryl methyl sites for hydroxylation is 1. The predicted octanol–water partition coefficient (Wildman–Crippen LogP) is 3.33. The number of ether oxygens (including phenoxy) is 2. The van der Waals surface area contributed by atoms with Gasteiger partial charge in [-0.05, 0) is 49.9 Å². The van der Waals surface area contributed by atoms with Crippen LogP contribution in [0.3, 0.4) is 0 Å². The average molecular weight is 442 g/mol. The van der Waals surface area contributed by atoms with Crippen molar-refractivity contribution in [2.24, 2.45) is 7.05 Å². The number of sulfonamides is 1. The van der Waals surface area contributed by atoms with Crippen molar-refractivity contribution >= 4 is 33.3 Å². The number of benzene rings is 1. The molecule has 0 amide bonds. The van der Waals surface area contributed by atoms with Crippen LogP contribution in [0.5, 0.6) is 0 Å². The first-order valence-corrected chi connectivity index (χ1v) is 11.1. The minimum Gasteiger partial charge on any atom is -0.464 e. The second-order valence-corrected chi connectivity index (χ2v) is 9.11. The number of halogens is 1. The predicted molar refractivity (Wildman–Crippen MR) is 109 cm³/mol. The second-order valence-electron chi connectivity index (χ2n) is 6.99. The lowest BCUT2D eigenvalue weighted by Crippen LogP contribution is -2.21. The van der Waals surface area contributed by atoms with Gasteiger partial charge in [0.1, 0.15) is 5.69 Å². The Morgan fingerprint density at radius 2 is 1.79 bits per heavy atom. The van der Waals surface area contributed by atoms with Crippen molar-refractivity contribution in [1.82, 2.24) is 9.78 Å². The summed E-state index contributed by atoms with van der Waals surface area (Å²) in [5.41, 5.74) is 0.768. The minimum atomic E-state index is -3.95. The van der Waals surface area contributed by atoms with Gasteiger partial charge < -0.3 is 9.47 Å². The van der Waals surface area contributed by atoms with Crippen molar-refractivity contribution in [3.63, 3.8) is 0 Å². The Hall–Kier alpha value is -2.10. The number of hydrogen-bond acceptors (Lipinski definition) is 6. The van der Waals surface area contributed by atoms with Gasteiger partial charge in [0, 0.05) is 25.1 Å². The molecule has 1 aliphatic carbocycles. The number of rotatable bonds is 6. The summed E-state index contributed by atoms with van der Waals surface area (Å²) in [6.07, 6.45) is 3.44. The zero-order valence-electron chi connectivity index (χ0n) is 16.5. The second kappa shape index (κ2) is 8.73. The molecule has 0 spiro atoms. The van der Waals surface area contributed by atoms with Crippen molar-refractivity contribution in [1.29, 1.82) is 0 Å². The van der Waals surface area contributed by atoms with Crippen LogP contribution in [0.1, 0.15) is 47.8 Å². The molecule has 158 valence electrons. The van der Waals surface area contributed by atoms with E-state index in [0.717, 1.165) is 25.7 Å². The molecular weight excluding hydrogens is 418 g/mol. The quantitative estimate of drug-likeness (QED) is 0.690. The number of aromatic nitrogens is 2. The van der Waals surface area contributed by atoms with E-state index in [0.29, 0.717) is 10.7 Å². The lowest BCUT2D eigenvalue weighted by atomic mass is 9.84. The first-order chi connectivity index (χ1) is 13.8. The number of methoxy groups -OCH3 is 2. The molecule has 3 rings (SSSR count). The number of nitrogens with zero attached hydrogens (tertiary/aromatic N) is 2. The minimum absolute atomic E-state index is 0.00826. The Labute approximate surface area is 175 Å². The monoisotopic (exact) mass is 441 g/mol. The highest BCUT2D eigenvalue weighted by Crippen LogP contribution is 2.39. The molecule has 0 radical (unpaired) electrons. The summed E-state index contributed by atoms with van der Waals surface area (Å²) in [6, 6.07) is 5.80. The molecule has 1 aromatic heterocycles. The van der Waals surface area contributed by atoms with Crippen LogP contribution in [0, 0.1) is 0 Å². The Kier molecular flexibility index (Phi) is 6.50. The van der Waals surface area contributed by atoms with E-state index in [2.05, 4.69) is 9.82 Å². The maximum Gasteiger partial charge on any atom is 0.358 e. The van der Waals surface area contributed by atoms with Crippen molar-refractivity contribution in [2.75, 3.05) is 18.9 Å². The Balaban J connectivity index is 2.01. The zero-order chi connectivity index (χ0) is 21.2. The van der Waals surface area contributed by atoms with Crippen LogP contribution >= 0.6 is 11.6 Å². The summed E-state index contributed by atoms with van der Waals surface area (Å²) < 4.78 is 40.1. The molecule has 0 saturated heterocycles. The van der Waals surface area contributed by atoms with E-state index in [1.165, 1.54) is 36.1 Å². The summed E-state index contributed by atoms with van der Waals surface area (Å²) in [5, 5.41) is 4.90. The molecule has 1 N–H and O–H groups in total. The standard InChI is InChI=1S/C19H24ClN3O5S/c1-23-18(19(24)28-3)17(16(21-23)12-4-8-14(27-2)9-5-12)22-29(25,26)15-10-6-13(20)7-11-15/h6-7,10-12,14,22H,4-5,8-9H2,1-3H3. The zero-order valence-corrected chi connectivity index (χ0v) is 18.1. The molecule has 0 bridgehead atoms. The van der Waals surface area contributed by atoms with Crippen molar-refractivity contribution in [3.05, 3.63) is 40.7 Å². The first-order valence-electron chi connectivity index (χ1n) is 9.23. The summed E-state index contributed by atoms with van der Waals surface area (Å²) >= 11 is 5.86. The van der Waals surface area contributed by atoms with E-state index in [1.54, 1.807) is 14.2 Å². The molecule has 1 saturated carbocycles. The van der Waals surface area contributed by atoms with Gasteiger partial charge in [-0.15, -0.1) is 0 Å². The van der Waals surface area contributed by atoms with Gasteiger partial charge in [0.05, 0.1) is 23.8 Å². The van der Waals surface area contributed by atoms with E-state index in [1.807, 2.05) is 0 Å². The smallest absolute Gasteiger partial charge is 0.358 e. The van der Waals surface area contributed by atoms with E-state index in [4.69, 9.17) is 21.1 Å². The van der Waals surface area contributed by atoms with E-state index in [9.17, 15) is 13.2 Å². The van der Waals surface area contributed by atoms with Crippen molar-refractivity contribution in [3.8, 4) is 0 Å². The third-order valence-electron chi connectivity index (χ3n) is 5.21. The fourth-order valence-electron chi connectivity index (χ4n) is 3.64. The molecule has 0 atom stereocenters. The third kappa shape index (κ3) is 4.57. The van der Waals surface area contributed by atoms with Crippen molar-refractivity contribution in [2.45, 2.75) is 42.6 Å². The average Bonchev–Trinajstić information content (AvgIpc) is 3.03. The van der Waals surface area contributed by atoms with Crippen LogP contribution in [0.2, 0.25) is 5.02 Å². The Bertz CT molecular complexity index is 980. The number of hydrogen-bond donors (Lipinski definition) is 1. The molecule has 8 nitrogen and oxygen atoms in total. The van der Waals surface area contributed by atoms with Gasteiger partial charge in [0.15, 0.2) is 5.69 Å². The van der Waals surface area contributed by atoms with Crippen LogP contribution < -0.4 is 4.72 Å². The number of nitrogens with one attached hydrogen (secondary N) is 1. The van der Waals surface area contributed by atoms with Gasteiger partial charge in [-0.25, -0.2) is 13.2 Å². The summed E-state index contributed by atoms with van der Waals surface area (Å²) in [5.74, 6) is -0.653. The number of carbonyl (C=O) groups excluding carboxylic acids is 1. The third-order valence-corrected chi connectivity index (χ3v) is 6.83. The van der Waals surface area contributed by atoms with Crippen molar-refractivity contribution < 1.29 is 22.7 Å². The van der Waals surface area contributed by atoms with Crippen LogP contribution in [0.4, 0.5) is 5.69 Å². The maximum absolute atomic E-state index is 13.0. The number of esters is 1. The molecule has 1 aromatic carbocycles. The first kappa shape index (κ1) is 21.6. The number of anilines is 1. The summed E-state index contributed by atoms with van der Waals surface area (Å²) in [7, 11) is 0.575. The normalized spacial score (nSPS) is 19.7. The summed E-state index contributed by atoms with van der Waals surface area (Å²) in [6.45, 7) is 0. The molecule has 2 aromatic rings. The van der Waals surface area contributed by atoms with Crippen LogP contribution in [0.15, 0.2) is 29.2 Å². The fraction of sp³-hybridized carbons (Fsp3) is 0.474. The van der Waals surface area contributed by atoms with E-state index in [-0.39, 0.29) is 28.3 Å². The summed E-state index contributed by atoms with van der Waals surface area (Å²) in [4.78, 5) is 12.4. The highest BCUT2D eigenvalue weighted by atomic mass is 35.5. The highest BCUT2D eigenvalue weighted by Gasteiger charge is 2.33. The number of carbonyl (C=O) groups is 1. The van der Waals surface area contributed by atoms with Gasteiger partial charge in [-0.2, -0.15) is 5.10 Å². The molecule has 1 heterocycles. The molecule has 1 aliphatic rings. The maximum atomic E-state index is 13.0.